The second kappa shape index (κ2) is 5.53. The van der Waals surface area contributed by atoms with Crippen molar-refractivity contribution in [3.8, 4) is 0 Å². The Bertz CT molecular complexity index is 654. The van der Waals surface area contributed by atoms with Gasteiger partial charge in [-0.05, 0) is 19.2 Å². The van der Waals surface area contributed by atoms with Crippen LogP contribution >= 0.6 is 34.8 Å². The zero-order valence-electron chi connectivity index (χ0n) is 10.9. The number of likely N-dealkylation sites (N-methyl/N-ethyl adjacent to an activating group) is 1. The van der Waals surface area contributed by atoms with E-state index in [0.29, 0.717) is 32.0 Å². The minimum atomic E-state index is 0.403. The quantitative estimate of drug-likeness (QED) is 0.802. The van der Waals surface area contributed by atoms with E-state index in [1.807, 2.05) is 0 Å². The number of aromatic nitrogens is 2. The Morgan fingerprint density at radius 1 is 0.900 bits per heavy atom. The van der Waals surface area contributed by atoms with Crippen molar-refractivity contribution >= 4 is 51.7 Å². The lowest BCUT2D eigenvalue weighted by molar-refractivity contribution is 0.312. The fourth-order valence-electron chi connectivity index (χ4n) is 2.24. The average Bonchev–Trinajstić information content (AvgIpc) is 2.41. The van der Waals surface area contributed by atoms with E-state index in [1.54, 1.807) is 12.1 Å². The van der Waals surface area contributed by atoms with Crippen LogP contribution in [0.1, 0.15) is 0 Å². The smallest absolute Gasteiger partial charge is 0.172 e. The summed E-state index contributed by atoms with van der Waals surface area (Å²) in [5.74, 6) is 0.714. The first-order valence-corrected chi connectivity index (χ1v) is 7.44. The number of nitrogens with zero attached hydrogens (tertiary/aromatic N) is 4. The largest absolute Gasteiger partial charge is 0.351 e. The van der Waals surface area contributed by atoms with Crippen LogP contribution in [0.25, 0.3) is 11.0 Å². The molecule has 0 N–H and O–H groups in total. The fourth-order valence-corrected chi connectivity index (χ4v) is 2.81. The number of benzene rings is 1. The summed E-state index contributed by atoms with van der Waals surface area (Å²) in [6, 6.07) is 3.41. The summed E-state index contributed by atoms with van der Waals surface area (Å²) in [6.07, 6.45) is 0. The van der Waals surface area contributed by atoms with Gasteiger partial charge in [0.1, 0.15) is 0 Å². The molecular weight excluding hydrogens is 319 g/mol. The van der Waals surface area contributed by atoms with Crippen molar-refractivity contribution in [2.75, 3.05) is 38.1 Å². The number of anilines is 1. The number of hydrogen-bond donors (Lipinski definition) is 0. The van der Waals surface area contributed by atoms with Crippen LogP contribution in [0.3, 0.4) is 0 Å². The van der Waals surface area contributed by atoms with Gasteiger partial charge in [0.05, 0.1) is 21.1 Å². The monoisotopic (exact) mass is 330 g/mol. The van der Waals surface area contributed by atoms with Crippen LogP contribution in [0.2, 0.25) is 15.2 Å². The Hall–Kier alpha value is -0.810. The lowest BCUT2D eigenvalue weighted by Crippen LogP contribution is -2.45. The van der Waals surface area contributed by atoms with Gasteiger partial charge in [0.15, 0.2) is 11.0 Å². The van der Waals surface area contributed by atoms with Gasteiger partial charge in [-0.15, -0.1) is 0 Å². The molecule has 0 saturated carbocycles. The van der Waals surface area contributed by atoms with Crippen LogP contribution in [0.4, 0.5) is 5.82 Å². The summed E-state index contributed by atoms with van der Waals surface area (Å²) in [7, 11) is 2.10. The lowest BCUT2D eigenvalue weighted by atomic mass is 10.3. The van der Waals surface area contributed by atoms with Gasteiger partial charge < -0.3 is 9.80 Å². The van der Waals surface area contributed by atoms with Gasteiger partial charge >= 0.3 is 0 Å². The fraction of sp³-hybridized carbons (Fsp3) is 0.385. The van der Waals surface area contributed by atoms with Gasteiger partial charge in [0.2, 0.25) is 0 Å². The second-order valence-electron chi connectivity index (χ2n) is 4.88. The van der Waals surface area contributed by atoms with Crippen molar-refractivity contribution in [1.82, 2.24) is 14.9 Å². The number of halogens is 3. The highest BCUT2D eigenvalue weighted by Crippen LogP contribution is 2.30. The van der Waals surface area contributed by atoms with E-state index in [9.17, 15) is 0 Å². The molecule has 20 heavy (non-hydrogen) atoms. The van der Waals surface area contributed by atoms with E-state index >= 15 is 0 Å². The second-order valence-corrected chi connectivity index (χ2v) is 6.06. The third-order valence-corrected chi connectivity index (χ3v) is 4.43. The molecule has 1 aliphatic heterocycles. The number of hydrogen-bond acceptors (Lipinski definition) is 4. The topological polar surface area (TPSA) is 32.3 Å². The summed E-state index contributed by atoms with van der Waals surface area (Å²) in [4.78, 5) is 13.4. The molecule has 4 nitrogen and oxygen atoms in total. The molecule has 0 atom stereocenters. The molecule has 0 spiro atoms. The molecule has 3 rings (SSSR count). The SMILES string of the molecule is CN1CCN(c2nc3cc(Cl)c(Cl)cc3nc2Cl)CC1. The summed E-state index contributed by atoms with van der Waals surface area (Å²) < 4.78 is 0. The van der Waals surface area contributed by atoms with Crippen molar-refractivity contribution in [2.24, 2.45) is 0 Å². The van der Waals surface area contributed by atoms with E-state index < -0.39 is 0 Å². The maximum absolute atomic E-state index is 6.26. The first-order valence-electron chi connectivity index (χ1n) is 6.30. The Kier molecular flexibility index (Phi) is 3.91. The normalized spacial score (nSPS) is 16.9. The van der Waals surface area contributed by atoms with Gasteiger partial charge in [0, 0.05) is 26.2 Å². The van der Waals surface area contributed by atoms with Gasteiger partial charge in [-0.25, -0.2) is 9.97 Å². The summed E-state index contributed by atoms with van der Waals surface area (Å²) in [5, 5.41) is 1.33. The van der Waals surface area contributed by atoms with Crippen LogP contribution in [-0.4, -0.2) is 48.1 Å². The Balaban J connectivity index is 2.03. The minimum absolute atomic E-state index is 0.403. The predicted molar refractivity (Wildman–Crippen MR) is 84.3 cm³/mol. The van der Waals surface area contributed by atoms with Crippen LogP contribution in [0, 0.1) is 0 Å². The van der Waals surface area contributed by atoms with Gasteiger partial charge in [-0.2, -0.15) is 0 Å². The molecule has 0 bridgehead atoms. The van der Waals surface area contributed by atoms with E-state index in [4.69, 9.17) is 34.8 Å². The van der Waals surface area contributed by atoms with E-state index in [2.05, 4.69) is 26.8 Å². The molecule has 1 fully saturated rings. The molecule has 7 heteroatoms. The number of fused-ring (bicyclic) bond motifs is 1. The van der Waals surface area contributed by atoms with Crippen LogP contribution in [-0.2, 0) is 0 Å². The predicted octanol–water partition coefficient (Wildman–Crippen LogP) is 3.34. The Morgan fingerprint density at radius 2 is 1.45 bits per heavy atom. The average molecular weight is 332 g/mol. The zero-order valence-corrected chi connectivity index (χ0v) is 13.2. The van der Waals surface area contributed by atoms with E-state index in [-0.39, 0.29) is 0 Å². The summed E-state index contributed by atoms with van der Waals surface area (Å²) in [6.45, 7) is 3.74. The molecule has 106 valence electrons. The van der Waals surface area contributed by atoms with Crippen LogP contribution < -0.4 is 4.90 Å². The highest BCUT2D eigenvalue weighted by Gasteiger charge is 2.19. The van der Waals surface area contributed by atoms with Gasteiger partial charge in [-0.1, -0.05) is 34.8 Å². The third-order valence-electron chi connectivity index (χ3n) is 3.45. The van der Waals surface area contributed by atoms with Crippen molar-refractivity contribution in [1.29, 1.82) is 0 Å². The molecular formula is C13H13Cl3N4. The summed E-state index contributed by atoms with van der Waals surface area (Å²) >= 11 is 18.3. The molecule has 0 radical (unpaired) electrons. The van der Waals surface area contributed by atoms with Gasteiger partial charge in [0.25, 0.3) is 0 Å². The maximum atomic E-state index is 6.26. The first kappa shape index (κ1) is 14.1. The van der Waals surface area contributed by atoms with Crippen LogP contribution in [0.5, 0.6) is 0 Å². The molecule has 2 heterocycles. The molecule has 1 aromatic heterocycles. The molecule has 0 amide bonds. The lowest BCUT2D eigenvalue weighted by Gasteiger charge is -2.33. The maximum Gasteiger partial charge on any atom is 0.172 e. The molecule has 1 aromatic carbocycles. The molecule has 2 aromatic rings. The van der Waals surface area contributed by atoms with E-state index in [1.165, 1.54) is 0 Å². The minimum Gasteiger partial charge on any atom is -0.351 e. The van der Waals surface area contributed by atoms with Crippen molar-refractivity contribution in [2.45, 2.75) is 0 Å². The highest BCUT2D eigenvalue weighted by molar-refractivity contribution is 6.42. The Morgan fingerprint density at radius 3 is 2.05 bits per heavy atom. The first-order chi connectivity index (χ1) is 9.54. The van der Waals surface area contributed by atoms with Crippen molar-refractivity contribution in [3.63, 3.8) is 0 Å². The molecule has 0 aliphatic carbocycles. The van der Waals surface area contributed by atoms with Crippen LogP contribution in [0.15, 0.2) is 12.1 Å². The molecule has 1 aliphatic rings. The zero-order chi connectivity index (χ0) is 14.3. The molecule has 1 saturated heterocycles. The summed E-state index contributed by atoms with van der Waals surface area (Å²) in [5.41, 5.74) is 1.36. The number of rotatable bonds is 1. The van der Waals surface area contributed by atoms with Crippen molar-refractivity contribution < 1.29 is 0 Å². The third kappa shape index (κ3) is 2.66. The molecule has 0 unspecified atom stereocenters. The standard InChI is InChI=1S/C13H13Cl3N4/c1-19-2-4-20(5-3-19)13-12(16)17-10-6-8(14)9(15)7-11(10)18-13/h6-7H,2-5H2,1H3. The number of piperazine rings is 1. The Labute approximate surface area is 132 Å². The van der Waals surface area contributed by atoms with Gasteiger partial charge in [-0.3, -0.25) is 0 Å². The highest BCUT2D eigenvalue weighted by atomic mass is 35.5. The van der Waals surface area contributed by atoms with E-state index in [0.717, 1.165) is 26.2 Å². The van der Waals surface area contributed by atoms with Crippen molar-refractivity contribution in [3.05, 3.63) is 27.3 Å².